The number of hydrogen-bond donors (Lipinski definition) is 1. The third kappa shape index (κ3) is 3.49. The Kier molecular flexibility index (Phi) is 5.42. The molecule has 1 fully saturated rings. The van der Waals surface area contributed by atoms with Gasteiger partial charge in [0.05, 0.1) is 10.9 Å². The van der Waals surface area contributed by atoms with E-state index in [0.29, 0.717) is 23.9 Å². The maximum Gasteiger partial charge on any atom is 0.243 e. The molecule has 0 aromatic heterocycles. The fraction of sp³-hybridized carbons (Fsp3) is 0.417. The van der Waals surface area contributed by atoms with E-state index in [2.05, 4.69) is 48.0 Å². The maximum atomic E-state index is 13.2. The molecule has 0 radical (unpaired) electrons. The van der Waals surface area contributed by atoms with Crippen LogP contribution in [-0.2, 0) is 10.0 Å². The van der Waals surface area contributed by atoms with Crippen molar-refractivity contribution < 1.29 is 8.42 Å². The summed E-state index contributed by atoms with van der Waals surface area (Å²) in [6, 6.07) is 14.7. The highest BCUT2D eigenvalue weighted by Crippen LogP contribution is 2.50. The summed E-state index contributed by atoms with van der Waals surface area (Å²) in [4.78, 5) is 1.70. The van der Waals surface area contributed by atoms with E-state index in [1.54, 1.807) is 22.1 Å². The molecule has 0 saturated carbocycles. The van der Waals surface area contributed by atoms with E-state index in [1.165, 1.54) is 10.5 Å². The summed E-state index contributed by atoms with van der Waals surface area (Å²) >= 11 is 1.75. The third-order valence-corrected chi connectivity index (χ3v) is 9.40. The molecule has 2 aromatic carbocycles. The van der Waals surface area contributed by atoms with Gasteiger partial charge >= 0.3 is 0 Å². The lowest BCUT2D eigenvalue weighted by atomic mass is 9.77. The average molecular weight is 441 g/mol. The first-order chi connectivity index (χ1) is 14.6. The molecule has 30 heavy (non-hydrogen) atoms. The van der Waals surface area contributed by atoms with Gasteiger partial charge in [0.15, 0.2) is 0 Å². The number of allylic oxidation sites excluding steroid dienone is 2. The average Bonchev–Trinajstić information content (AvgIpc) is 3.29. The normalized spacial score (nSPS) is 26.1. The molecule has 6 heteroatoms. The quantitative estimate of drug-likeness (QED) is 0.510. The summed E-state index contributed by atoms with van der Waals surface area (Å²) < 4.78 is 28.1. The zero-order chi connectivity index (χ0) is 20.7. The van der Waals surface area contributed by atoms with Gasteiger partial charge in [-0.15, -0.1) is 11.8 Å². The van der Waals surface area contributed by atoms with Crippen LogP contribution in [0.3, 0.4) is 0 Å². The molecule has 5 rings (SSSR count). The van der Waals surface area contributed by atoms with Gasteiger partial charge in [0.2, 0.25) is 10.0 Å². The van der Waals surface area contributed by atoms with Gasteiger partial charge in [-0.05, 0) is 72.9 Å². The van der Waals surface area contributed by atoms with Crippen LogP contribution in [0.25, 0.3) is 0 Å². The molecule has 2 heterocycles. The van der Waals surface area contributed by atoms with Crippen molar-refractivity contribution in [3.8, 4) is 0 Å². The lowest BCUT2D eigenvalue weighted by molar-refractivity contribution is 0.346. The van der Waals surface area contributed by atoms with Crippen LogP contribution >= 0.6 is 11.8 Å². The maximum absolute atomic E-state index is 13.2. The van der Waals surface area contributed by atoms with E-state index in [4.69, 9.17) is 0 Å². The predicted molar refractivity (Wildman–Crippen MR) is 124 cm³/mol. The number of thioether (sulfide) groups is 1. The van der Waals surface area contributed by atoms with Crippen LogP contribution in [0.2, 0.25) is 0 Å². The van der Waals surface area contributed by atoms with Crippen molar-refractivity contribution in [2.24, 2.45) is 5.92 Å². The second-order valence-corrected chi connectivity index (χ2v) is 11.3. The van der Waals surface area contributed by atoms with Crippen molar-refractivity contribution in [2.75, 3.05) is 24.7 Å². The highest BCUT2D eigenvalue weighted by atomic mass is 32.2. The van der Waals surface area contributed by atoms with Crippen LogP contribution in [0.1, 0.15) is 48.8 Å². The van der Waals surface area contributed by atoms with Crippen molar-refractivity contribution in [1.82, 2.24) is 4.31 Å². The van der Waals surface area contributed by atoms with Gasteiger partial charge in [-0.3, -0.25) is 0 Å². The van der Waals surface area contributed by atoms with Gasteiger partial charge in [0.25, 0.3) is 0 Å². The van der Waals surface area contributed by atoms with E-state index >= 15 is 0 Å². The van der Waals surface area contributed by atoms with Crippen LogP contribution in [0, 0.1) is 5.92 Å². The number of sulfonamides is 1. The van der Waals surface area contributed by atoms with Crippen LogP contribution < -0.4 is 5.32 Å². The number of hydrogen-bond acceptors (Lipinski definition) is 4. The zero-order valence-corrected chi connectivity index (χ0v) is 18.9. The van der Waals surface area contributed by atoms with E-state index in [1.807, 2.05) is 12.1 Å². The fourth-order valence-electron chi connectivity index (χ4n) is 5.13. The lowest BCUT2D eigenvalue weighted by Gasteiger charge is -2.38. The first-order valence-corrected chi connectivity index (χ1v) is 13.5. The molecule has 2 aliphatic heterocycles. The third-order valence-electron chi connectivity index (χ3n) is 6.76. The van der Waals surface area contributed by atoms with Gasteiger partial charge in [-0.2, -0.15) is 4.31 Å². The first kappa shape index (κ1) is 20.2. The second-order valence-electron chi connectivity index (χ2n) is 8.46. The molecule has 158 valence electrons. The minimum absolute atomic E-state index is 0.234. The van der Waals surface area contributed by atoms with Crippen molar-refractivity contribution in [1.29, 1.82) is 0 Å². The summed E-state index contributed by atoms with van der Waals surface area (Å²) in [7, 11) is -3.42. The summed E-state index contributed by atoms with van der Waals surface area (Å²) in [5.41, 5.74) is 3.46. The molecular weight excluding hydrogens is 412 g/mol. The number of rotatable bonds is 4. The van der Waals surface area contributed by atoms with Crippen LogP contribution in [-0.4, -0.2) is 32.1 Å². The molecule has 4 nitrogen and oxygen atoms in total. The topological polar surface area (TPSA) is 49.4 Å². The van der Waals surface area contributed by atoms with Crippen LogP contribution in [0.4, 0.5) is 5.69 Å². The SMILES string of the molecule is CSc1ccc(C2Nc3ccc(S(=O)(=O)N4CCCCC4)cc3C3C=CCC32)cc1. The molecule has 0 amide bonds. The Morgan fingerprint density at radius 3 is 2.53 bits per heavy atom. The van der Waals surface area contributed by atoms with Crippen molar-refractivity contribution in [3.63, 3.8) is 0 Å². The lowest BCUT2D eigenvalue weighted by Crippen LogP contribution is -2.36. The van der Waals surface area contributed by atoms with Gasteiger partial charge in [0.1, 0.15) is 0 Å². The molecule has 2 aromatic rings. The van der Waals surface area contributed by atoms with E-state index in [-0.39, 0.29) is 12.0 Å². The molecule has 3 atom stereocenters. The Hall–Kier alpha value is -1.76. The summed E-state index contributed by atoms with van der Waals surface area (Å²) in [6.45, 7) is 1.27. The Morgan fingerprint density at radius 2 is 1.80 bits per heavy atom. The molecule has 1 N–H and O–H groups in total. The molecule has 0 spiro atoms. The highest BCUT2D eigenvalue weighted by Gasteiger charge is 2.39. The van der Waals surface area contributed by atoms with Gasteiger partial charge in [-0.25, -0.2) is 8.42 Å². The smallest absolute Gasteiger partial charge is 0.243 e. The fourth-order valence-corrected chi connectivity index (χ4v) is 7.09. The van der Waals surface area contributed by atoms with Gasteiger partial charge in [0, 0.05) is 29.6 Å². The summed E-state index contributed by atoms with van der Waals surface area (Å²) in [5.74, 6) is 0.661. The van der Waals surface area contributed by atoms with Crippen molar-refractivity contribution in [2.45, 2.75) is 47.4 Å². The second kappa shape index (κ2) is 8.06. The van der Waals surface area contributed by atoms with E-state index in [9.17, 15) is 8.42 Å². The summed E-state index contributed by atoms with van der Waals surface area (Å²) in [6.07, 6.45) is 10.7. The Morgan fingerprint density at radius 1 is 1.03 bits per heavy atom. The number of nitrogens with zero attached hydrogens (tertiary/aromatic N) is 1. The minimum Gasteiger partial charge on any atom is -0.378 e. The standard InChI is InChI=1S/C24H28N2O2S2/c1-29-18-10-8-17(9-11-18)24-21-7-5-6-20(21)22-16-19(12-13-23(22)25-24)30(27,28)26-14-3-2-4-15-26/h5-6,8-13,16,20-21,24-25H,2-4,7,14-15H2,1H3. The monoisotopic (exact) mass is 440 g/mol. The number of piperidine rings is 1. The highest BCUT2D eigenvalue weighted by molar-refractivity contribution is 7.98. The Labute approximate surface area is 183 Å². The van der Waals surface area contributed by atoms with E-state index < -0.39 is 10.0 Å². The van der Waals surface area contributed by atoms with E-state index in [0.717, 1.165) is 36.9 Å². The van der Waals surface area contributed by atoms with Gasteiger partial charge < -0.3 is 5.32 Å². The molecule has 1 aliphatic carbocycles. The van der Waals surface area contributed by atoms with Crippen LogP contribution in [0.5, 0.6) is 0 Å². The first-order valence-electron chi connectivity index (χ1n) is 10.8. The zero-order valence-electron chi connectivity index (χ0n) is 17.3. The van der Waals surface area contributed by atoms with Gasteiger partial charge in [-0.1, -0.05) is 30.7 Å². The Balaban J connectivity index is 1.49. The Bertz CT molecular complexity index is 1060. The number of anilines is 1. The molecule has 3 unspecified atom stereocenters. The predicted octanol–water partition coefficient (Wildman–Crippen LogP) is 5.41. The largest absolute Gasteiger partial charge is 0.378 e. The molecular formula is C24H28N2O2S2. The van der Waals surface area contributed by atoms with Crippen molar-refractivity contribution in [3.05, 3.63) is 65.7 Å². The number of nitrogens with one attached hydrogen (secondary N) is 1. The van der Waals surface area contributed by atoms with Crippen LogP contribution in [0.15, 0.2) is 64.4 Å². The molecule has 1 saturated heterocycles. The molecule has 3 aliphatic rings. The minimum atomic E-state index is -3.42. The molecule has 0 bridgehead atoms. The summed E-state index contributed by atoms with van der Waals surface area (Å²) in [5, 5.41) is 3.73. The van der Waals surface area contributed by atoms with Crippen molar-refractivity contribution >= 4 is 27.5 Å². The number of benzene rings is 2. The number of fused-ring (bicyclic) bond motifs is 3.